The van der Waals surface area contributed by atoms with Gasteiger partial charge in [0.05, 0.1) is 14.2 Å². The first-order chi connectivity index (χ1) is 15.2. The van der Waals surface area contributed by atoms with E-state index in [1.807, 2.05) is 60.7 Å². The van der Waals surface area contributed by atoms with Gasteiger partial charge in [-0.15, -0.1) is 0 Å². The van der Waals surface area contributed by atoms with Crippen LogP contribution in [0.25, 0.3) is 11.1 Å². The molecule has 0 bridgehead atoms. The molecule has 156 valence electrons. The van der Waals surface area contributed by atoms with Gasteiger partial charge in [0.25, 0.3) is 0 Å². The number of esters is 2. The van der Waals surface area contributed by atoms with Gasteiger partial charge in [-0.25, -0.2) is 0 Å². The first kappa shape index (κ1) is 20.6. The molecule has 0 N–H and O–H groups in total. The fourth-order valence-electron chi connectivity index (χ4n) is 4.47. The largest absolute Gasteiger partial charge is 0.468 e. The molecule has 0 heterocycles. The minimum atomic E-state index is -1.06. The molecule has 0 radical (unpaired) electrons. The molecule has 1 aliphatic rings. The number of hydrogen-bond donors (Lipinski definition) is 0. The number of ether oxygens (including phenoxy) is 2. The van der Waals surface area contributed by atoms with E-state index in [1.54, 1.807) is 0 Å². The van der Waals surface area contributed by atoms with Crippen molar-refractivity contribution in [3.63, 3.8) is 0 Å². The predicted molar refractivity (Wildman–Crippen MR) is 120 cm³/mol. The highest BCUT2D eigenvalue weighted by molar-refractivity contribution is 6.05. The number of hydrogen-bond acceptors (Lipinski definition) is 4. The second-order valence-electron chi connectivity index (χ2n) is 7.51. The van der Waals surface area contributed by atoms with Crippen LogP contribution in [0.5, 0.6) is 0 Å². The molecule has 3 aromatic carbocycles. The Morgan fingerprint density at radius 2 is 1.26 bits per heavy atom. The molecule has 3 aromatic rings. The molecule has 0 fully saturated rings. The Labute approximate surface area is 182 Å². The van der Waals surface area contributed by atoms with Crippen molar-refractivity contribution in [3.05, 3.63) is 107 Å². The van der Waals surface area contributed by atoms with E-state index in [4.69, 9.17) is 9.47 Å². The topological polar surface area (TPSA) is 52.6 Å². The van der Waals surface area contributed by atoms with Gasteiger partial charge < -0.3 is 9.47 Å². The van der Waals surface area contributed by atoms with Gasteiger partial charge in [-0.3, -0.25) is 9.59 Å². The van der Waals surface area contributed by atoms with E-state index in [1.165, 1.54) is 14.2 Å². The number of carbonyl (C=O) groups excluding carboxylic acids is 2. The van der Waals surface area contributed by atoms with Crippen LogP contribution in [0.1, 0.15) is 22.3 Å². The average molecular weight is 412 g/mol. The van der Waals surface area contributed by atoms with Crippen LogP contribution in [0.4, 0.5) is 0 Å². The molecular formula is C27H24O4. The van der Waals surface area contributed by atoms with Crippen LogP contribution in [-0.2, 0) is 25.5 Å². The smallest absolute Gasteiger partial charge is 0.320 e. The maximum atomic E-state index is 12.8. The third-order valence-corrected chi connectivity index (χ3v) is 5.83. The molecule has 0 unspecified atom stereocenters. The maximum absolute atomic E-state index is 12.8. The summed E-state index contributed by atoms with van der Waals surface area (Å²) < 4.78 is 10.1. The van der Waals surface area contributed by atoms with Crippen molar-refractivity contribution in [1.82, 2.24) is 0 Å². The fraction of sp³-hybridized carbons (Fsp3) is 0.185. The Balaban J connectivity index is 2.06. The van der Waals surface area contributed by atoms with Gasteiger partial charge in [-0.1, -0.05) is 84.9 Å². The van der Waals surface area contributed by atoms with E-state index in [2.05, 4.69) is 24.3 Å². The van der Waals surface area contributed by atoms with Crippen molar-refractivity contribution in [2.24, 2.45) is 11.8 Å². The highest BCUT2D eigenvalue weighted by atomic mass is 16.5. The van der Waals surface area contributed by atoms with Crippen molar-refractivity contribution in [1.29, 1.82) is 0 Å². The lowest BCUT2D eigenvalue weighted by Crippen LogP contribution is -2.37. The van der Waals surface area contributed by atoms with Gasteiger partial charge in [0.1, 0.15) is 0 Å². The molecule has 1 atom stereocenters. The lowest BCUT2D eigenvalue weighted by molar-refractivity contribution is -0.160. The van der Waals surface area contributed by atoms with Crippen LogP contribution in [0.3, 0.4) is 0 Å². The van der Waals surface area contributed by atoms with Crippen LogP contribution in [0.2, 0.25) is 0 Å². The van der Waals surface area contributed by atoms with E-state index in [0.717, 1.165) is 33.4 Å². The monoisotopic (exact) mass is 412 g/mol. The van der Waals surface area contributed by atoms with Crippen molar-refractivity contribution in [2.75, 3.05) is 14.2 Å². The van der Waals surface area contributed by atoms with Gasteiger partial charge in [-0.2, -0.15) is 0 Å². The SMILES string of the molecule is COC(=O)C(C(=O)OC)[C@H]1Cc2ccccc2C(c2ccccc2)=C1c1ccccc1. The molecule has 31 heavy (non-hydrogen) atoms. The molecule has 4 rings (SSSR count). The summed E-state index contributed by atoms with van der Waals surface area (Å²) in [6.45, 7) is 0. The Bertz CT molecular complexity index is 1100. The van der Waals surface area contributed by atoms with E-state index in [0.29, 0.717) is 6.42 Å². The highest BCUT2D eigenvalue weighted by Crippen LogP contribution is 2.46. The molecule has 0 aliphatic heterocycles. The van der Waals surface area contributed by atoms with Crippen LogP contribution in [0.15, 0.2) is 84.9 Å². The summed E-state index contributed by atoms with van der Waals surface area (Å²) in [6, 6.07) is 28.2. The number of methoxy groups -OCH3 is 2. The second kappa shape index (κ2) is 9.00. The van der Waals surface area contributed by atoms with Crippen LogP contribution in [-0.4, -0.2) is 26.2 Å². The lowest BCUT2D eigenvalue weighted by Gasteiger charge is -2.34. The molecule has 0 saturated heterocycles. The normalized spacial score (nSPS) is 15.4. The molecule has 0 saturated carbocycles. The van der Waals surface area contributed by atoms with E-state index < -0.39 is 23.8 Å². The van der Waals surface area contributed by atoms with Crippen LogP contribution >= 0.6 is 0 Å². The van der Waals surface area contributed by atoms with Crippen molar-refractivity contribution in [2.45, 2.75) is 6.42 Å². The first-order valence-electron chi connectivity index (χ1n) is 10.2. The fourth-order valence-corrected chi connectivity index (χ4v) is 4.47. The number of allylic oxidation sites excluding steroid dienone is 1. The molecule has 0 aromatic heterocycles. The molecule has 4 heteroatoms. The Hall–Kier alpha value is -3.66. The number of benzene rings is 3. The highest BCUT2D eigenvalue weighted by Gasteiger charge is 2.42. The summed E-state index contributed by atoms with van der Waals surface area (Å²) in [6.07, 6.45) is 0.533. The Morgan fingerprint density at radius 1 is 0.742 bits per heavy atom. The zero-order valence-corrected chi connectivity index (χ0v) is 17.6. The number of carbonyl (C=O) groups is 2. The number of fused-ring (bicyclic) bond motifs is 1. The van der Waals surface area contributed by atoms with Gasteiger partial charge in [-0.05, 0) is 39.8 Å². The Morgan fingerprint density at radius 3 is 1.84 bits per heavy atom. The van der Waals surface area contributed by atoms with E-state index >= 15 is 0 Å². The molecule has 4 nitrogen and oxygen atoms in total. The Kier molecular flexibility index (Phi) is 5.99. The molecule has 0 spiro atoms. The van der Waals surface area contributed by atoms with Crippen LogP contribution in [0, 0.1) is 11.8 Å². The van der Waals surface area contributed by atoms with Crippen molar-refractivity contribution >= 4 is 23.1 Å². The predicted octanol–water partition coefficient (Wildman–Crippen LogP) is 4.78. The van der Waals surface area contributed by atoms with Gasteiger partial charge in [0, 0.05) is 5.92 Å². The number of rotatable bonds is 5. The maximum Gasteiger partial charge on any atom is 0.320 e. The van der Waals surface area contributed by atoms with Gasteiger partial charge in [0.15, 0.2) is 5.92 Å². The summed E-state index contributed by atoms with van der Waals surface area (Å²) >= 11 is 0. The van der Waals surface area contributed by atoms with E-state index in [-0.39, 0.29) is 0 Å². The average Bonchev–Trinajstić information content (AvgIpc) is 2.84. The second-order valence-corrected chi connectivity index (χ2v) is 7.51. The first-order valence-corrected chi connectivity index (χ1v) is 10.2. The van der Waals surface area contributed by atoms with E-state index in [9.17, 15) is 9.59 Å². The minimum Gasteiger partial charge on any atom is -0.468 e. The minimum absolute atomic E-state index is 0.424. The zero-order valence-electron chi connectivity index (χ0n) is 17.6. The summed E-state index contributed by atoms with van der Waals surface area (Å²) in [5.74, 6) is -2.65. The van der Waals surface area contributed by atoms with Crippen molar-refractivity contribution < 1.29 is 19.1 Å². The van der Waals surface area contributed by atoms with Gasteiger partial charge >= 0.3 is 11.9 Å². The molecule has 0 amide bonds. The summed E-state index contributed by atoms with van der Waals surface area (Å²) in [7, 11) is 2.61. The zero-order chi connectivity index (χ0) is 21.8. The summed E-state index contributed by atoms with van der Waals surface area (Å²) in [5.41, 5.74) is 6.18. The molecular weight excluding hydrogens is 388 g/mol. The third kappa shape index (κ3) is 3.89. The van der Waals surface area contributed by atoms with Gasteiger partial charge in [0.2, 0.25) is 0 Å². The standard InChI is InChI=1S/C27H24O4/c1-30-26(28)25(27(29)31-2)22-17-20-15-9-10-16-21(20)23(18-11-5-3-6-12-18)24(22)19-13-7-4-8-14-19/h3-16,22,25H,17H2,1-2H3/t22-/m0/s1. The van der Waals surface area contributed by atoms with Crippen LogP contribution < -0.4 is 0 Å². The summed E-state index contributed by atoms with van der Waals surface area (Å²) in [5, 5.41) is 0. The van der Waals surface area contributed by atoms with Crippen molar-refractivity contribution in [3.8, 4) is 0 Å². The summed E-state index contributed by atoms with van der Waals surface area (Å²) in [4.78, 5) is 25.6. The lowest BCUT2D eigenvalue weighted by atomic mass is 9.69. The molecule has 1 aliphatic carbocycles. The quantitative estimate of drug-likeness (QED) is 0.447. The third-order valence-electron chi connectivity index (χ3n) is 5.83.